The summed E-state index contributed by atoms with van der Waals surface area (Å²) in [6.07, 6.45) is -0.365. The summed E-state index contributed by atoms with van der Waals surface area (Å²) in [4.78, 5) is 12.0. The number of carbonyl (C=O) groups is 1. The fourth-order valence-electron chi connectivity index (χ4n) is 1.97. The van der Waals surface area contributed by atoms with Crippen LogP contribution in [0.15, 0.2) is 48.5 Å². The number of methoxy groups -OCH3 is 1. The summed E-state index contributed by atoms with van der Waals surface area (Å²) in [5.41, 5.74) is 1.06. The number of rotatable bonds is 5. The minimum absolute atomic E-state index is 0.246. The molecular formula is C16H15ClFNO2. The molecule has 0 spiro atoms. The van der Waals surface area contributed by atoms with Gasteiger partial charge in [-0.15, -0.1) is 0 Å². The molecule has 0 saturated carbocycles. The number of nitrogens with one attached hydrogen (secondary N) is 1. The number of hydrogen-bond donors (Lipinski definition) is 1. The van der Waals surface area contributed by atoms with Gasteiger partial charge in [-0.05, 0) is 24.3 Å². The summed E-state index contributed by atoms with van der Waals surface area (Å²) in [7, 11) is 1.54. The molecule has 2 rings (SSSR count). The van der Waals surface area contributed by atoms with E-state index in [1.807, 2.05) is 18.2 Å². The van der Waals surface area contributed by atoms with Gasteiger partial charge in [0.15, 0.2) is 0 Å². The minimum Gasteiger partial charge on any atom is -0.375 e. The van der Waals surface area contributed by atoms with E-state index in [1.165, 1.54) is 18.2 Å². The standard InChI is InChI=1S/C16H15ClFNO2/c1-21-15(13-7-2-3-8-14(13)17)10-19-16(20)11-5-4-6-12(18)9-11/h2-9,15H,10H2,1H3,(H,19,20). The third-order valence-corrected chi connectivity index (χ3v) is 3.42. The molecule has 0 aliphatic rings. The van der Waals surface area contributed by atoms with Crippen LogP contribution in [0.2, 0.25) is 5.02 Å². The van der Waals surface area contributed by atoms with Crippen molar-refractivity contribution < 1.29 is 13.9 Å². The second-order valence-corrected chi connectivity index (χ2v) is 4.87. The zero-order valence-electron chi connectivity index (χ0n) is 11.5. The predicted molar refractivity (Wildman–Crippen MR) is 79.9 cm³/mol. The molecule has 1 amide bonds. The molecule has 0 fully saturated rings. The molecule has 0 heterocycles. The van der Waals surface area contributed by atoms with Crippen LogP contribution in [-0.4, -0.2) is 19.6 Å². The first-order valence-corrected chi connectivity index (χ1v) is 6.80. The zero-order chi connectivity index (χ0) is 15.2. The van der Waals surface area contributed by atoms with Crippen molar-refractivity contribution in [2.24, 2.45) is 0 Å². The Kier molecular flexibility index (Phi) is 5.31. The Balaban J connectivity index is 2.04. The van der Waals surface area contributed by atoms with Crippen LogP contribution in [0.25, 0.3) is 0 Å². The molecule has 0 bridgehead atoms. The van der Waals surface area contributed by atoms with Gasteiger partial charge in [0.1, 0.15) is 11.9 Å². The van der Waals surface area contributed by atoms with E-state index in [0.717, 1.165) is 5.56 Å². The second-order valence-electron chi connectivity index (χ2n) is 4.47. The SMILES string of the molecule is COC(CNC(=O)c1cccc(F)c1)c1ccccc1Cl. The Morgan fingerprint density at radius 1 is 1.29 bits per heavy atom. The Bertz CT molecular complexity index is 633. The largest absolute Gasteiger partial charge is 0.375 e. The van der Waals surface area contributed by atoms with Crippen LogP contribution in [0.4, 0.5) is 4.39 Å². The summed E-state index contributed by atoms with van der Waals surface area (Å²) in [5.74, 6) is -0.805. The molecule has 0 radical (unpaired) electrons. The lowest BCUT2D eigenvalue weighted by atomic mass is 10.1. The number of halogens is 2. The Labute approximate surface area is 127 Å². The quantitative estimate of drug-likeness (QED) is 0.916. The summed E-state index contributed by atoms with van der Waals surface area (Å²) >= 11 is 6.11. The number of carbonyl (C=O) groups excluding carboxylic acids is 1. The highest BCUT2D eigenvalue weighted by Gasteiger charge is 2.15. The highest BCUT2D eigenvalue weighted by Crippen LogP contribution is 2.24. The average molecular weight is 308 g/mol. The lowest BCUT2D eigenvalue weighted by molar-refractivity contribution is 0.0828. The van der Waals surface area contributed by atoms with Gasteiger partial charge in [0.25, 0.3) is 5.91 Å². The van der Waals surface area contributed by atoms with Gasteiger partial charge in [-0.3, -0.25) is 4.79 Å². The van der Waals surface area contributed by atoms with Crippen LogP contribution >= 0.6 is 11.6 Å². The molecule has 2 aromatic carbocycles. The molecule has 2 aromatic rings. The number of ether oxygens (including phenoxy) is 1. The van der Waals surface area contributed by atoms with E-state index in [0.29, 0.717) is 5.02 Å². The van der Waals surface area contributed by atoms with Gasteiger partial charge in [-0.1, -0.05) is 35.9 Å². The first kappa shape index (κ1) is 15.5. The molecular weight excluding hydrogens is 293 g/mol. The molecule has 5 heteroatoms. The molecule has 0 saturated heterocycles. The predicted octanol–water partition coefficient (Wildman–Crippen LogP) is 3.60. The fourth-order valence-corrected chi connectivity index (χ4v) is 2.23. The minimum atomic E-state index is -0.447. The molecule has 1 N–H and O–H groups in total. The van der Waals surface area contributed by atoms with Crippen LogP contribution < -0.4 is 5.32 Å². The van der Waals surface area contributed by atoms with Crippen molar-refractivity contribution in [3.05, 3.63) is 70.5 Å². The first-order valence-electron chi connectivity index (χ1n) is 6.43. The van der Waals surface area contributed by atoms with Gasteiger partial charge in [-0.25, -0.2) is 4.39 Å². The van der Waals surface area contributed by atoms with Crippen molar-refractivity contribution in [3.8, 4) is 0 Å². The molecule has 3 nitrogen and oxygen atoms in total. The average Bonchev–Trinajstić information content (AvgIpc) is 2.49. The highest BCUT2D eigenvalue weighted by atomic mass is 35.5. The summed E-state index contributed by atoms with van der Waals surface area (Å²) in [5, 5.41) is 3.29. The van der Waals surface area contributed by atoms with Crippen molar-refractivity contribution >= 4 is 17.5 Å². The Morgan fingerprint density at radius 2 is 2.05 bits per heavy atom. The highest BCUT2D eigenvalue weighted by molar-refractivity contribution is 6.31. The molecule has 110 valence electrons. The van der Waals surface area contributed by atoms with Crippen molar-refractivity contribution in [3.63, 3.8) is 0 Å². The van der Waals surface area contributed by atoms with Gasteiger partial charge in [0.05, 0.1) is 0 Å². The smallest absolute Gasteiger partial charge is 0.251 e. The molecule has 0 aliphatic heterocycles. The molecule has 21 heavy (non-hydrogen) atoms. The molecule has 1 atom stereocenters. The Morgan fingerprint density at radius 3 is 2.71 bits per heavy atom. The first-order chi connectivity index (χ1) is 10.1. The number of hydrogen-bond acceptors (Lipinski definition) is 2. The lowest BCUT2D eigenvalue weighted by Crippen LogP contribution is -2.29. The van der Waals surface area contributed by atoms with Crippen LogP contribution in [0, 0.1) is 5.82 Å². The third-order valence-electron chi connectivity index (χ3n) is 3.07. The van der Waals surface area contributed by atoms with E-state index < -0.39 is 5.82 Å². The van der Waals surface area contributed by atoms with Crippen LogP contribution in [0.3, 0.4) is 0 Å². The van der Waals surface area contributed by atoms with Gasteiger partial charge in [0, 0.05) is 29.8 Å². The van der Waals surface area contributed by atoms with Gasteiger partial charge in [-0.2, -0.15) is 0 Å². The molecule has 1 unspecified atom stereocenters. The van der Waals surface area contributed by atoms with Crippen molar-refractivity contribution in [1.29, 1.82) is 0 Å². The van der Waals surface area contributed by atoms with Gasteiger partial charge in [0.2, 0.25) is 0 Å². The van der Waals surface area contributed by atoms with E-state index in [9.17, 15) is 9.18 Å². The summed E-state index contributed by atoms with van der Waals surface area (Å²) in [6.45, 7) is 0.246. The van der Waals surface area contributed by atoms with Crippen molar-refractivity contribution in [1.82, 2.24) is 5.32 Å². The van der Waals surface area contributed by atoms with Crippen LogP contribution in [0.5, 0.6) is 0 Å². The summed E-state index contributed by atoms with van der Waals surface area (Å²) in [6, 6.07) is 12.8. The third kappa shape index (κ3) is 4.03. The maximum atomic E-state index is 13.1. The van der Waals surface area contributed by atoms with Crippen LogP contribution in [0.1, 0.15) is 22.0 Å². The van der Waals surface area contributed by atoms with E-state index in [-0.39, 0.29) is 24.1 Å². The fraction of sp³-hybridized carbons (Fsp3) is 0.188. The Hall–Kier alpha value is -1.91. The van der Waals surface area contributed by atoms with Crippen molar-refractivity contribution in [2.75, 3.05) is 13.7 Å². The van der Waals surface area contributed by atoms with E-state index in [2.05, 4.69) is 5.32 Å². The molecule has 0 aromatic heterocycles. The number of amides is 1. The van der Waals surface area contributed by atoms with E-state index in [1.54, 1.807) is 19.2 Å². The monoisotopic (exact) mass is 307 g/mol. The maximum absolute atomic E-state index is 13.1. The molecule has 0 aliphatic carbocycles. The van der Waals surface area contributed by atoms with Crippen LogP contribution in [-0.2, 0) is 4.74 Å². The second kappa shape index (κ2) is 7.20. The van der Waals surface area contributed by atoms with Crippen molar-refractivity contribution in [2.45, 2.75) is 6.10 Å². The normalized spacial score (nSPS) is 12.0. The topological polar surface area (TPSA) is 38.3 Å². The van der Waals surface area contributed by atoms with E-state index >= 15 is 0 Å². The van der Waals surface area contributed by atoms with E-state index in [4.69, 9.17) is 16.3 Å². The van der Waals surface area contributed by atoms with Gasteiger partial charge < -0.3 is 10.1 Å². The summed E-state index contributed by atoms with van der Waals surface area (Å²) < 4.78 is 18.4. The maximum Gasteiger partial charge on any atom is 0.251 e. The van der Waals surface area contributed by atoms with Gasteiger partial charge >= 0.3 is 0 Å². The zero-order valence-corrected chi connectivity index (χ0v) is 12.2. The number of benzene rings is 2. The lowest BCUT2D eigenvalue weighted by Gasteiger charge is -2.17.